The molecule has 0 bridgehead atoms. The van der Waals surface area contributed by atoms with E-state index in [2.05, 4.69) is 33.9 Å². The molecule has 0 saturated heterocycles. The van der Waals surface area contributed by atoms with Gasteiger partial charge in [-0.3, -0.25) is 9.69 Å². The van der Waals surface area contributed by atoms with Crippen LogP contribution < -0.4 is 4.90 Å². The minimum Gasteiger partial charge on any atom is -0.480 e. The lowest BCUT2D eigenvalue weighted by Gasteiger charge is -2.23. The summed E-state index contributed by atoms with van der Waals surface area (Å²) in [5.74, 6) is -0.461. The second-order valence-electron chi connectivity index (χ2n) is 4.97. The lowest BCUT2D eigenvalue weighted by Crippen LogP contribution is -2.29. The maximum absolute atomic E-state index is 10.6. The molecule has 1 atom stereocenters. The molecule has 1 aliphatic rings. The molecule has 0 aromatic carbocycles. The highest BCUT2D eigenvalue weighted by molar-refractivity contribution is 5.72. The third kappa shape index (κ3) is 3.54. The van der Waals surface area contributed by atoms with Gasteiger partial charge in [-0.25, -0.2) is 9.97 Å². The minimum absolute atomic E-state index is 0.104. The largest absolute Gasteiger partial charge is 0.480 e. The number of carbonyl (C=O) groups is 1. The molecule has 1 aliphatic heterocycles. The number of rotatable bonds is 6. The average molecular weight is 276 g/mol. The third-order valence-electron chi connectivity index (χ3n) is 3.38. The fourth-order valence-electron chi connectivity index (χ4n) is 2.32. The van der Waals surface area contributed by atoms with Gasteiger partial charge in [0.15, 0.2) is 0 Å². The number of hydrogen-bond acceptors (Lipinski definition) is 5. The Labute approximate surface area is 118 Å². The summed E-state index contributed by atoms with van der Waals surface area (Å²) in [7, 11) is 1.67. The normalized spacial score (nSPS) is 18.4. The number of likely N-dealkylation sites (N-methyl/N-ethyl adjacent to an activating group) is 1. The van der Waals surface area contributed by atoms with Gasteiger partial charge in [0.05, 0.1) is 0 Å². The molecule has 6 nitrogen and oxygen atoms in total. The monoisotopic (exact) mass is 276 g/mol. The molecule has 0 fully saturated rings. The van der Waals surface area contributed by atoms with Gasteiger partial charge in [-0.1, -0.05) is 19.1 Å². The van der Waals surface area contributed by atoms with E-state index in [0.29, 0.717) is 12.0 Å². The van der Waals surface area contributed by atoms with E-state index in [-0.39, 0.29) is 6.54 Å². The second-order valence-corrected chi connectivity index (χ2v) is 4.97. The van der Waals surface area contributed by atoms with Gasteiger partial charge in [-0.2, -0.15) is 0 Å². The Kier molecular flexibility index (Phi) is 4.68. The van der Waals surface area contributed by atoms with Crippen LogP contribution in [0.3, 0.4) is 0 Å². The average Bonchev–Trinajstić information content (AvgIpc) is 2.86. The smallest absolute Gasteiger partial charge is 0.323 e. The summed E-state index contributed by atoms with van der Waals surface area (Å²) in [6, 6.07) is 0.490. The summed E-state index contributed by atoms with van der Waals surface area (Å²) >= 11 is 0. The van der Waals surface area contributed by atoms with Gasteiger partial charge in [-0.15, -0.1) is 0 Å². The first-order valence-corrected chi connectivity index (χ1v) is 6.74. The van der Waals surface area contributed by atoms with Crippen LogP contribution in [0.2, 0.25) is 0 Å². The predicted octanol–water partition coefficient (Wildman–Crippen LogP) is 1.15. The number of nitrogens with zero attached hydrogens (tertiary/aromatic N) is 4. The summed E-state index contributed by atoms with van der Waals surface area (Å²) in [6.45, 7) is 3.84. The van der Waals surface area contributed by atoms with Crippen LogP contribution in [0.1, 0.15) is 18.9 Å². The van der Waals surface area contributed by atoms with E-state index in [0.717, 1.165) is 25.1 Å². The van der Waals surface area contributed by atoms with E-state index in [1.54, 1.807) is 19.4 Å². The van der Waals surface area contributed by atoms with Crippen molar-refractivity contribution in [3.05, 3.63) is 30.1 Å². The van der Waals surface area contributed by atoms with E-state index in [4.69, 9.17) is 5.11 Å². The van der Waals surface area contributed by atoms with E-state index in [9.17, 15) is 4.79 Å². The Hall–Kier alpha value is -1.95. The highest BCUT2D eigenvalue weighted by atomic mass is 16.4. The zero-order valence-electron chi connectivity index (χ0n) is 11.9. The van der Waals surface area contributed by atoms with Gasteiger partial charge in [0.25, 0.3) is 0 Å². The SMILES string of the molecule is CC[C@H]1C=CCN1Cc1cnc(N(C)CC(=O)O)nc1. The summed E-state index contributed by atoms with van der Waals surface area (Å²) < 4.78 is 0. The maximum atomic E-state index is 10.6. The molecule has 2 heterocycles. The van der Waals surface area contributed by atoms with Crippen LogP contribution in [-0.4, -0.2) is 52.1 Å². The van der Waals surface area contributed by atoms with Crippen LogP contribution in [0.25, 0.3) is 0 Å². The molecular weight excluding hydrogens is 256 g/mol. The molecule has 6 heteroatoms. The molecule has 0 aliphatic carbocycles. The molecule has 0 amide bonds. The molecule has 0 saturated carbocycles. The number of anilines is 1. The Balaban J connectivity index is 1.96. The van der Waals surface area contributed by atoms with E-state index in [1.807, 2.05) is 0 Å². The summed E-state index contributed by atoms with van der Waals surface area (Å²) in [4.78, 5) is 23.0. The molecule has 1 aromatic heterocycles. The van der Waals surface area contributed by atoms with Crippen LogP contribution in [-0.2, 0) is 11.3 Å². The number of aromatic nitrogens is 2. The topological polar surface area (TPSA) is 69.6 Å². The van der Waals surface area contributed by atoms with Crippen molar-refractivity contribution in [2.45, 2.75) is 25.9 Å². The lowest BCUT2D eigenvalue weighted by atomic mass is 10.2. The first-order chi connectivity index (χ1) is 9.60. The van der Waals surface area contributed by atoms with Crippen LogP contribution in [0.15, 0.2) is 24.5 Å². The predicted molar refractivity (Wildman–Crippen MR) is 76.6 cm³/mol. The summed E-state index contributed by atoms with van der Waals surface area (Å²) in [5.41, 5.74) is 1.04. The van der Waals surface area contributed by atoms with Crippen molar-refractivity contribution in [1.82, 2.24) is 14.9 Å². The fourth-order valence-corrected chi connectivity index (χ4v) is 2.32. The van der Waals surface area contributed by atoms with Crippen molar-refractivity contribution in [2.75, 3.05) is 25.0 Å². The highest BCUT2D eigenvalue weighted by Gasteiger charge is 2.18. The van der Waals surface area contributed by atoms with Crippen molar-refractivity contribution in [3.8, 4) is 0 Å². The number of carboxylic acid groups (broad SMARTS) is 1. The van der Waals surface area contributed by atoms with E-state index in [1.165, 1.54) is 4.90 Å². The van der Waals surface area contributed by atoms with Crippen LogP contribution in [0, 0.1) is 0 Å². The van der Waals surface area contributed by atoms with Crippen molar-refractivity contribution < 1.29 is 9.90 Å². The number of hydrogen-bond donors (Lipinski definition) is 1. The van der Waals surface area contributed by atoms with Gasteiger partial charge in [0, 0.05) is 44.1 Å². The molecule has 0 radical (unpaired) electrons. The Morgan fingerprint density at radius 2 is 2.20 bits per heavy atom. The van der Waals surface area contributed by atoms with Crippen LogP contribution >= 0.6 is 0 Å². The molecule has 1 aromatic rings. The van der Waals surface area contributed by atoms with Gasteiger partial charge >= 0.3 is 5.97 Å². The standard InChI is InChI=1S/C14H20N4O2/c1-3-12-5-4-6-18(12)9-11-7-15-14(16-8-11)17(2)10-13(19)20/h4-5,7-8,12H,3,6,9-10H2,1-2H3,(H,19,20)/t12-/m0/s1. The fraction of sp³-hybridized carbons (Fsp3) is 0.500. The Bertz CT molecular complexity index is 486. The molecule has 2 rings (SSSR count). The molecular formula is C14H20N4O2. The first-order valence-electron chi connectivity index (χ1n) is 6.74. The van der Waals surface area contributed by atoms with Crippen molar-refractivity contribution in [2.24, 2.45) is 0 Å². The van der Waals surface area contributed by atoms with Crippen molar-refractivity contribution in [1.29, 1.82) is 0 Å². The van der Waals surface area contributed by atoms with Crippen molar-refractivity contribution in [3.63, 3.8) is 0 Å². The molecule has 0 spiro atoms. The molecule has 20 heavy (non-hydrogen) atoms. The zero-order chi connectivity index (χ0) is 14.5. The molecule has 0 unspecified atom stereocenters. The summed E-state index contributed by atoms with van der Waals surface area (Å²) in [5, 5.41) is 8.73. The second kappa shape index (κ2) is 6.47. The first kappa shape index (κ1) is 14.5. The van der Waals surface area contributed by atoms with E-state index < -0.39 is 5.97 Å². The van der Waals surface area contributed by atoms with Crippen LogP contribution in [0.4, 0.5) is 5.95 Å². The van der Waals surface area contributed by atoms with Crippen molar-refractivity contribution >= 4 is 11.9 Å². The minimum atomic E-state index is -0.894. The van der Waals surface area contributed by atoms with Gasteiger partial charge in [-0.05, 0) is 6.42 Å². The lowest BCUT2D eigenvalue weighted by molar-refractivity contribution is -0.135. The molecule has 108 valence electrons. The number of aliphatic carboxylic acids is 1. The quantitative estimate of drug-likeness (QED) is 0.786. The van der Waals surface area contributed by atoms with Gasteiger partial charge in [0.2, 0.25) is 5.95 Å². The summed E-state index contributed by atoms with van der Waals surface area (Å²) in [6.07, 6.45) is 9.05. The number of carboxylic acids is 1. The highest BCUT2D eigenvalue weighted by Crippen LogP contribution is 2.16. The Morgan fingerprint density at radius 1 is 1.50 bits per heavy atom. The molecule has 1 N–H and O–H groups in total. The van der Waals surface area contributed by atoms with Gasteiger partial charge < -0.3 is 10.0 Å². The van der Waals surface area contributed by atoms with Gasteiger partial charge in [0.1, 0.15) is 6.54 Å². The third-order valence-corrected chi connectivity index (χ3v) is 3.38. The zero-order valence-corrected chi connectivity index (χ0v) is 11.9. The maximum Gasteiger partial charge on any atom is 0.323 e. The van der Waals surface area contributed by atoms with Crippen LogP contribution in [0.5, 0.6) is 0 Å². The van der Waals surface area contributed by atoms with E-state index >= 15 is 0 Å². The Morgan fingerprint density at radius 3 is 2.80 bits per heavy atom.